The zero-order chi connectivity index (χ0) is 13.2. The first-order valence-electron chi connectivity index (χ1n) is 7.18. The average molecular weight is 291 g/mol. The van der Waals surface area contributed by atoms with E-state index in [9.17, 15) is 0 Å². The summed E-state index contributed by atoms with van der Waals surface area (Å²) in [6, 6.07) is 5.15. The summed E-state index contributed by atoms with van der Waals surface area (Å²) in [5.74, 6) is 0. The Morgan fingerprint density at radius 1 is 1.37 bits per heavy atom. The predicted molar refractivity (Wildman–Crippen MR) is 85.5 cm³/mol. The highest BCUT2D eigenvalue weighted by Crippen LogP contribution is 2.37. The van der Waals surface area contributed by atoms with Crippen LogP contribution in [0.3, 0.4) is 0 Å². The molecule has 0 spiro atoms. The second kappa shape index (κ2) is 5.78. The summed E-state index contributed by atoms with van der Waals surface area (Å²) >= 11 is 3.89. The topological polar surface area (TPSA) is 12.0 Å². The molecule has 1 aliphatic rings. The molecule has 0 aromatic carbocycles. The van der Waals surface area contributed by atoms with Gasteiger partial charge in [0, 0.05) is 14.6 Å². The molecule has 1 unspecified atom stereocenters. The van der Waals surface area contributed by atoms with Gasteiger partial charge in [0.05, 0.1) is 6.04 Å². The summed E-state index contributed by atoms with van der Waals surface area (Å²) in [7, 11) is 0. The van der Waals surface area contributed by atoms with Crippen LogP contribution in [0.25, 0.3) is 0 Å². The van der Waals surface area contributed by atoms with Crippen molar-refractivity contribution in [1.82, 2.24) is 5.32 Å². The Morgan fingerprint density at radius 3 is 2.95 bits per heavy atom. The first-order chi connectivity index (χ1) is 9.29. The maximum Gasteiger partial charge on any atom is 0.0681 e. The van der Waals surface area contributed by atoms with Crippen LogP contribution in [-0.4, -0.2) is 6.54 Å². The number of nitrogens with one attached hydrogen (secondary N) is 1. The number of rotatable bonds is 5. The highest BCUT2D eigenvalue weighted by molar-refractivity contribution is 7.12. The Balaban J connectivity index is 1.92. The highest BCUT2D eigenvalue weighted by Gasteiger charge is 2.22. The summed E-state index contributed by atoms with van der Waals surface area (Å²) in [5.41, 5.74) is 3.08. The van der Waals surface area contributed by atoms with Crippen LogP contribution in [0.2, 0.25) is 0 Å². The minimum absolute atomic E-state index is 0.404. The van der Waals surface area contributed by atoms with E-state index in [4.69, 9.17) is 0 Å². The van der Waals surface area contributed by atoms with Gasteiger partial charge in [-0.3, -0.25) is 0 Å². The van der Waals surface area contributed by atoms with E-state index in [1.165, 1.54) is 41.0 Å². The van der Waals surface area contributed by atoms with Crippen molar-refractivity contribution in [3.63, 3.8) is 0 Å². The van der Waals surface area contributed by atoms with Crippen LogP contribution < -0.4 is 5.32 Å². The van der Waals surface area contributed by atoms with Gasteiger partial charge in [-0.05, 0) is 67.8 Å². The molecule has 2 aromatic heterocycles. The third-order valence-corrected chi connectivity index (χ3v) is 6.02. The Morgan fingerprint density at radius 2 is 2.26 bits per heavy atom. The minimum atomic E-state index is 0.404. The Bertz CT molecular complexity index is 531. The van der Waals surface area contributed by atoms with Gasteiger partial charge in [-0.25, -0.2) is 0 Å². The number of fused-ring (bicyclic) bond motifs is 1. The van der Waals surface area contributed by atoms with Gasteiger partial charge in [0.2, 0.25) is 0 Å². The monoisotopic (exact) mass is 291 g/mol. The maximum atomic E-state index is 3.73. The van der Waals surface area contributed by atoms with E-state index < -0.39 is 0 Å². The highest BCUT2D eigenvalue weighted by atomic mass is 32.1. The number of aryl methyl sites for hydroxylation is 3. The molecule has 1 atom stereocenters. The van der Waals surface area contributed by atoms with E-state index in [0.29, 0.717) is 6.04 Å². The molecule has 0 fully saturated rings. The molecular formula is C16H21NS2. The fourth-order valence-corrected chi connectivity index (χ4v) is 4.93. The molecule has 1 nitrogen and oxygen atoms in total. The zero-order valence-electron chi connectivity index (χ0n) is 11.7. The number of hydrogen-bond acceptors (Lipinski definition) is 3. The second-order valence-corrected chi connectivity index (χ2v) is 7.56. The molecule has 1 N–H and O–H groups in total. The average Bonchev–Trinajstić information content (AvgIpc) is 3.06. The van der Waals surface area contributed by atoms with Crippen molar-refractivity contribution in [2.45, 2.75) is 45.6 Å². The van der Waals surface area contributed by atoms with E-state index in [-0.39, 0.29) is 0 Å². The van der Waals surface area contributed by atoms with Crippen LogP contribution in [0.1, 0.15) is 51.6 Å². The molecule has 0 saturated heterocycles. The molecule has 3 rings (SSSR count). The quantitative estimate of drug-likeness (QED) is 0.842. The normalized spacial score (nSPS) is 15.7. The van der Waals surface area contributed by atoms with Gasteiger partial charge in [-0.1, -0.05) is 6.92 Å². The van der Waals surface area contributed by atoms with Crippen molar-refractivity contribution in [2.75, 3.05) is 6.54 Å². The van der Waals surface area contributed by atoms with Crippen molar-refractivity contribution in [3.8, 4) is 0 Å². The Kier molecular flexibility index (Phi) is 4.06. The summed E-state index contributed by atoms with van der Waals surface area (Å²) < 4.78 is 0. The van der Waals surface area contributed by atoms with Crippen LogP contribution in [0.15, 0.2) is 17.5 Å². The van der Waals surface area contributed by atoms with Gasteiger partial charge in [0.25, 0.3) is 0 Å². The van der Waals surface area contributed by atoms with Crippen LogP contribution >= 0.6 is 22.7 Å². The molecule has 0 radical (unpaired) electrons. The lowest BCUT2D eigenvalue weighted by Gasteiger charge is -2.17. The predicted octanol–water partition coefficient (Wildman–Crippen LogP) is 4.70. The van der Waals surface area contributed by atoms with Gasteiger partial charge < -0.3 is 5.32 Å². The molecular weight excluding hydrogens is 270 g/mol. The van der Waals surface area contributed by atoms with Gasteiger partial charge in [0.15, 0.2) is 0 Å². The molecule has 2 heterocycles. The lowest BCUT2D eigenvalue weighted by atomic mass is 10.1. The molecule has 1 aliphatic carbocycles. The number of hydrogen-bond donors (Lipinski definition) is 1. The van der Waals surface area contributed by atoms with E-state index in [2.05, 4.69) is 36.7 Å². The molecule has 0 saturated carbocycles. The van der Waals surface area contributed by atoms with Gasteiger partial charge in [0.1, 0.15) is 0 Å². The largest absolute Gasteiger partial charge is 0.306 e. The van der Waals surface area contributed by atoms with Crippen molar-refractivity contribution < 1.29 is 0 Å². The third kappa shape index (κ3) is 2.64. The summed E-state index contributed by atoms with van der Waals surface area (Å²) in [4.78, 5) is 4.59. The van der Waals surface area contributed by atoms with E-state index in [0.717, 1.165) is 6.54 Å². The van der Waals surface area contributed by atoms with Crippen LogP contribution in [-0.2, 0) is 12.8 Å². The summed E-state index contributed by atoms with van der Waals surface area (Å²) in [5, 5.41) is 5.95. The molecule has 3 heteroatoms. The van der Waals surface area contributed by atoms with Crippen molar-refractivity contribution in [2.24, 2.45) is 0 Å². The molecule has 0 amide bonds. The van der Waals surface area contributed by atoms with Gasteiger partial charge in [-0.15, -0.1) is 22.7 Å². The Labute approximate surface area is 123 Å². The van der Waals surface area contributed by atoms with Gasteiger partial charge in [-0.2, -0.15) is 0 Å². The molecule has 0 aliphatic heterocycles. The fourth-order valence-electron chi connectivity index (χ4n) is 2.84. The molecule has 102 valence electrons. The molecule has 19 heavy (non-hydrogen) atoms. The van der Waals surface area contributed by atoms with Crippen LogP contribution in [0.4, 0.5) is 0 Å². The third-order valence-electron chi connectivity index (χ3n) is 3.86. The van der Waals surface area contributed by atoms with Crippen molar-refractivity contribution >= 4 is 22.7 Å². The van der Waals surface area contributed by atoms with E-state index in [1.54, 1.807) is 10.4 Å². The molecule has 2 aromatic rings. The minimum Gasteiger partial charge on any atom is -0.306 e. The van der Waals surface area contributed by atoms with Crippen LogP contribution in [0.5, 0.6) is 0 Å². The van der Waals surface area contributed by atoms with Crippen LogP contribution in [0, 0.1) is 6.92 Å². The van der Waals surface area contributed by atoms with Crippen molar-refractivity contribution in [3.05, 3.63) is 43.3 Å². The lowest BCUT2D eigenvalue weighted by Crippen LogP contribution is -2.22. The summed E-state index contributed by atoms with van der Waals surface area (Å²) in [6.45, 7) is 5.56. The maximum absolute atomic E-state index is 3.73. The fraction of sp³-hybridized carbons (Fsp3) is 0.500. The SMILES string of the molecule is CCCNC(c1cc2c(s1)CCC2)c1ccsc1C. The standard InChI is InChI=1S/C16H21NS2/c1-3-8-17-16(13-7-9-18-11(13)2)15-10-12-5-4-6-14(12)19-15/h7,9-10,16-17H,3-6,8H2,1-2H3. The lowest BCUT2D eigenvalue weighted by molar-refractivity contribution is 0.605. The van der Waals surface area contributed by atoms with Gasteiger partial charge >= 0.3 is 0 Å². The second-order valence-electron chi connectivity index (χ2n) is 5.27. The van der Waals surface area contributed by atoms with Crippen molar-refractivity contribution in [1.29, 1.82) is 0 Å². The number of thiophene rings is 2. The van der Waals surface area contributed by atoms with E-state index in [1.807, 2.05) is 22.7 Å². The summed E-state index contributed by atoms with van der Waals surface area (Å²) in [6.07, 6.45) is 5.12. The molecule has 0 bridgehead atoms. The smallest absolute Gasteiger partial charge is 0.0681 e. The Hall–Kier alpha value is -0.640. The zero-order valence-corrected chi connectivity index (χ0v) is 13.3. The first-order valence-corrected chi connectivity index (χ1v) is 8.88. The van der Waals surface area contributed by atoms with E-state index >= 15 is 0 Å². The first kappa shape index (κ1) is 13.3.